The Labute approximate surface area is 183 Å². The molecule has 1 amide bonds. The van der Waals surface area contributed by atoms with Crippen molar-refractivity contribution in [2.75, 3.05) is 13.3 Å². The highest BCUT2D eigenvalue weighted by Gasteiger charge is 2.21. The van der Waals surface area contributed by atoms with Crippen LogP contribution in [0.25, 0.3) is 10.9 Å². The number of para-hydroxylation sites is 1. The Kier molecular flexibility index (Phi) is 5.83. The van der Waals surface area contributed by atoms with E-state index < -0.39 is 0 Å². The first-order chi connectivity index (χ1) is 15.3. The second-order valence-corrected chi connectivity index (χ2v) is 8.80. The summed E-state index contributed by atoms with van der Waals surface area (Å²) in [4.78, 5) is 18.6. The van der Waals surface area contributed by atoms with E-state index in [9.17, 15) is 4.79 Å². The van der Waals surface area contributed by atoms with Crippen molar-refractivity contribution in [3.05, 3.63) is 59.8 Å². The van der Waals surface area contributed by atoms with Gasteiger partial charge in [0.05, 0.1) is 0 Å². The summed E-state index contributed by atoms with van der Waals surface area (Å²) in [6, 6.07) is 14.3. The average Bonchev–Trinajstić information content (AvgIpc) is 3.55. The number of carbonyl (C=O) groups is 1. The molecule has 5 heteroatoms. The summed E-state index contributed by atoms with van der Waals surface area (Å²) in [7, 11) is 0. The van der Waals surface area contributed by atoms with Crippen LogP contribution < -0.4 is 9.47 Å². The van der Waals surface area contributed by atoms with Crippen molar-refractivity contribution in [1.82, 2.24) is 9.88 Å². The summed E-state index contributed by atoms with van der Waals surface area (Å²) < 4.78 is 11.0. The van der Waals surface area contributed by atoms with Crippen molar-refractivity contribution in [3.8, 4) is 11.5 Å². The molecule has 2 heterocycles. The van der Waals surface area contributed by atoms with E-state index in [2.05, 4.69) is 29.4 Å². The Balaban J connectivity index is 1.29. The van der Waals surface area contributed by atoms with Crippen LogP contribution in [0.1, 0.15) is 49.7 Å². The van der Waals surface area contributed by atoms with Crippen LogP contribution in [0.2, 0.25) is 0 Å². The number of nitrogens with one attached hydrogen (secondary N) is 1. The molecule has 5 nitrogen and oxygen atoms in total. The molecule has 0 unspecified atom stereocenters. The van der Waals surface area contributed by atoms with Crippen molar-refractivity contribution in [2.24, 2.45) is 5.92 Å². The Morgan fingerprint density at radius 1 is 1.06 bits per heavy atom. The van der Waals surface area contributed by atoms with E-state index in [1.165, 1.54) is 36.6 Å². The van der Waals surface area contributed by atoms with E-state index in [1.54, 1.807) is 0 Å². The number of hydrogen-bond donors (Lipinski definition) is 1. The van der Waals surface area contributed by atoms with Gasteiger partial charge in [-0.1, -0.05) is 49.9 Å². The SMILES string of the molecule is O=C(CCC1CCCC1)N(CCc1c[nH]c2ccccc12)Cc1ccc2c(c1)OCO2. The van der Waals surface area contributed by atoms with Gasteiger partial charge in [0, 0.05) is 36.6 Å². The molecule has 1 aliphatic carbocycles. The fourth-order valence-corrected chi connectivity index (χ4v) is 4.93. The van der Waals surface area contributed by atoms with E-state index in [4.69, 9.17) is 9.47 Å². The van der Waals surface area contributed by atoms with Crippen molar-refractivity contribution >= 4 is 16.8 Å². The van der Waals surface area contributed by atoms with Gasteiger partial charge < -0.3 is 19.4 Å². The van der Waals surface area contributed by atoms with Gasteiger partial charge in [0.2, 0.25) is 12.7 Å². The first kappa shape index (κ1) is 20.0. The van der Waals surface area contributed by atoms with Crippen molar-refractivity contribution < 1.29 is 14.3 Å². The Morgan fingerprint density at radius 3 is 2.81 bits per heavy atom. The monoisotopic (exact) mass is 418 g/mol. The van der Waals surface area contributed by atoms with Crippen LogP contribution in [-0.2, 0) is 17.8 Å². The van der Waals surface area contributed by atoms with Gasteiger partial charge in [0.1, 0.15) is 0 Å². The third-order valence-corrected chi connectivity index (χ3v) is 6.73. The topological polar surface area (TPSA) is 54.6 Å². The number of aromatic amines is 1. The lowest BCUT2D eigenvalue weighted by molar-refractivity contribution is -0.132. The van der Waals surface area contributed by atoms with Crippen LogP contribution in [0.4, 0.5) is 0 Å². The molecule has 1 N–H and O–H groups in total. The van der Waals surface area contributed by atoms with Gasteiger partial charge in [-0.2, -0.15) is 0 Å². The maximum atomic E-state index is 13.2. The number of fused-ring (bicyclic) bond motifs is 2. The van der Waals surface area contributed by atoms with E-state index in [1.807, 2.05) is 29.2 Å². The summed E-state index contributed by atoms with van der Waals surface area (Å²) in [5, 5.41) is 1.24. The lowest BCUT2D eigenvalue weighted by Gasteiger charge is -2.24. The lowest BCUT2D eigenvalue weighted by Crippen LogP contribution is -2.32. The molecule has 162 valence electrons. The van der Waals surface area contributed by atoms with Crippen LogP contribution >= 0.6 is 0 Å². The number of amides is 1. The summed E-state index contributed by atoms with van der Waals surface area (Å²) in [6.07, 6.45) is 9.78. The predicted octanol–water partition coefficient (Wildman–Crippen LogP) is 5.44. The number of carbonyl (C=O) groups excluding carboxylic acids is 1. The number of H-pyrrole nitrogens is 1. The maximum Gasteiger partial charge on any atom is 0.231 e. The van der Waals surface area contributed by atoms with Gasteiger partial charge in [-0.3, -0.25) is 4.79 Å². The number of hydrogen-bond acceptors (Lipinski definition) is 3. The zero-order chi connectivity index (χ0) is 21.0. The normalized spacial score (nSPS) is 15.6. The third-order valence-electron chi connectivity index (χ3n) is 6.73. The molecular weight excluding hydrogens is 388 g/mol. The van der Waals surface area contributed by atoms with Crippen molar-refractivity contribution in [2.45, 2.75) is 51.5 Å². The van der Waals surface area contributed by atoms with Crippen LogP contribution in [0.5, 0.6) is 11.5 Å². The Hall–Kier alpha value is -2.95. The fraction of sp³-hybridized carbons (Fsp3) is 0.423. The van der Waals surface area contributed by atoms with Crippen LogP contribution in [0.3, 0.4) is 0 Å². The molecule has 0 bridgehead atoms. The maximum absolute atomic E-state index is 13.2. The molecular formula is C26H30N2O3. The van der Waals surface area contributed by atoms with Crippen molar-refractivity contribution in [3.63, 3.8) is 0 Å². The highest BCUT2D eigenvalue weighted by molar-refractivity contribution is 5.83. The number of aromatic nitrogens is 1. The minimum atomic E-state index is 0.254. The van der Waals surface area contributed by atoms with Gasteiger partial charge in [0.25, 0.3) is 0 Å². The number of ether oxygens (including phenoxy) is 2. The lowest BCUT2D eigenvalue weighted by atomic mass is 10.0. The Bertz CT molecular complexity index is 1050. The van der Waals surface area contributed by atoms with Gasteiger partial charge >= 0.3 is 0 Å². The summed E-state index contributed by atoms with van der Waals surface area (Å²) in [5.74, 6) is 2.53. The van der Waals surface area contributed by atoms with Gasteiger partial charge in [-0.05, 0) is 48.1 Å². The molecule has 0 radical (unpaired) electrons. The standard InChI is InChI=1S/C26H30N2O3/c29-26(12-10-19-5-1-2-6-19)28(17-20-9-11-24-25(15-20)31-18-30-24)14-13-21-16-27-23-8-4-3-7-22(21)23/h3-4,7-9,11,15-16,19,27H,1-2,5-6,10,12-14,17-18H2. The van der Waals surface area contributed by atoms with E-state index in [-0.39, 0.29) is 12.7 Å². The minimum absolute atomic E-state index is 0.254. The molecule has 1 fully saturated rings. The smallest absolute Gasteiger partial charge is 0.231 e. The molecule has 0 atom stereocenters. The minimum Gasteiger partial charge on any atom is -0.454 e. The number of benzene rings is 2. The number of nitrogens with zero attached hydrogens (tertiary/aromatic N) is 1. The Morgan fingerprint density at radius 2 is 1.90 bits per heavy atom. The van der Waals surface area contributed by atoms with E-state index in [0.717, 1.165) is 41.3 Å². The van der Waals surface area contributed by atoms with E-state index in [0.29, 0.717) is 19.5 Å². The zero-order valence-electron chi connectivity index (χ0n) is 17.9. The average molecular weight is 419 g/mol. The van der Waals surface area contributed by atoms with Gasteiger partial charge in [-0.25, -0.2) is 0 Å². The summed E-state index contributed by atoms with van der Waals surface area (Å²) in [5.41, 5.74) is 3.49. The molecule has 1 saturated carbocycles. The molecule has 31 heavy (non-hydrogen) atoms. The molecule has 0 spiro atoms. The summed E-state index contributed by atoms with van der Waals surface area (Å²) >= 11 is 0. The first-order valence-corrected chi connectivity index (χ1v) is 11.5. The second-order valence-electron chi connectivity index (χ2n) is 8.80. The largest absolute Gasteiger partial charge is 0.454 e. The molecule has 2 aromatic carbocycles. The molecule has 0 saturated heterocycles. The predicted molar refractivity (Wildman–Crippen MR) is 121 cm³/mol. The highest BCUT2D eigenvalue weighted by atomic mass is 16.7. The van der Waals surface area contributed by atoms with Crippen LogP contribution in [0, 0.1) is 5.92 Å². The first-order valence-electron chi connectivity index (χ1n) is 11.5. The number of rotatable bonds is 8. The van der Waals surface area contributed by atoms with E-state index >= 15 is 0 Å². The molecule has 5 rings (SSSR count). The van der Waals surface area contributed by atoms with Gasteiger partial charge in [0.15, 0.2) is 11.5 Å². The highest BCUT2D eigenvalue weighted by Crippen LogP contribution is 2.33. The van der Waals surface area contributed by atoms with Gasteiger partial charge in [-0.15, -0.1) is 0 Å². The molecule has 2 aliphatic rings. The molecule has 1 aliphatic heterocycles. The third kappa shape index (κ3) is 4.55. The molecule has 1 aromatic heterocycles. The molecule has 3 aromatic rings. The van der Waals surface area contributed by atoms with Crippen LogP contribution in [-0.4, -0.2) is 29.1 Å². The van der Waals surface area contributed by atoms with Crippen molar-refractivity contribution in [1.29, 1.82) is 0 Å². The second kappa shape index (κ2) is 9.04. The summed E-state index contributed by atoms with van der Waals surface area (Å²) in [6.45, 7) is 1.58. The quantitative estimate of drug-likeness (QED) is 0.530. The fourth-order valence-electron chi connectivity index (χ4n) is 4.93. The zero-order valence-corrected chi connectivity index (χ0v) is 17.9. The van der Waals surface area contributed by atoms with Crippen LogP contribution in [0.15, 0.2) is 48.7 Å².